The second-order valence-electron chi connectivity index (χ2n) is 4.68. The Bertz CT molecular complexity index is 605. The van der Waals surface area contributed by atoms with Crippen molar-refractivity contribution in [3.05, 3.63) is 47.8 Å². The maximum atomic E-state index is 8.65. The third kappa shape index (κ3) is 3.28. The van der Waals surface area contributed by atoms with E-state index in [1.54, 1.807) is 18.2 Å². The van der Waals surface area contributed by atoms with Crippen molar-refractivity contribution in [2.45, 2.75) is 26.5 Å². The molecule has 1 aromatic heterocycles. The van der Waals surface area contributed by atoms with Gasteiger partial charge in [-0.3, -0.25) is 4.68 Å². The van der Waals surface area contributed by atoms with Gasteiger partial charge in [0.2, 0.25) is 0 Å². The summed E-state index contributed by atoms with van der Waals surface area (Å²) < 4.78 is 7.53. The Labute approximate surface area is 117 Å². The Balaban J connectivity index is 2.03. The Hall–Kier alpha value is -2.50. The topological polar surface area (TPSA) is 85.7 Å². The maximum Gasteiger partial charge on any atom is 0.170 e. The van der Waals surface area contributed by atoms with Gasteiger partial charge in [0.15, 0.2) is 5.84 Å². The van der Waals surface area contributed by atoms with E-state index >= 15 is 0 Å². The molecule has 0 saturated carbocycles. The molecule has 3 N–H and O–H groups in total. The monoisotopic (exact) mass is 274 g/mol. The van der Waals surface area contributed by atoms with E-state index in [2.05, 4.69) is 24.1 Å². The second-order valence-corrected chi connectivity index (χ2v) is 4.68. The highest BCUT2D eigenvalue weighted by atomic mass is 16.5. The summed E-state index contributed by atoms with van der Waals surface area (Å²) in [5, 5.41) is 16.0. The summed E-state index contributed by atoms with van der Waals surface area (Å²) in [5.74, 6) is 0.702. The lowest BCUT2D eigenvalue weighted by Crippen LogP contribution is -2.13. The van der Waals surface area contributed by atoms with E-state index in [0.717, 1.165) is 5.69 Å². The summed E-state index contributed by atoms with van der Waals surface area (Å²) in [7, 11) is 0. The molecule has 1 heterocycles. The molecule has 0 spiro atoms. The van der Waals surface area contributed by atoms with Crippen LogP contribution in [-0.4, -0.2) is 20.8 Å². The molecule has 0 aliphatic carbocycles. The van der Waals surface area contributed by atoms with E-state index in [9.17, 15) is 0 Å². The number of ether oxygens (including phenoxy) is 1. The zero-order valence-electron chi connectivity index (χ0n) is 11.5. The highest BCUT2D eigenvalue weighted by Crippen LogP contribution is 2.15. The molecule has 0 atom stereocenters. The first kappa shape index (κ1) is 13.9. The molecule has 106 valence electrons. The fraction of sp³-hybridized carbons (Fsp3) is 0.286. The molecule has 0 saturated heterocycles. The van der Waals surface area contributed by atoms with Crippen molar-refractivity contribution >= 4 is 5.84 Å². The smallest absolute Gasteiger partial charge is 0.170 e. The normalized spacial score (nSPS) is 11.8. The highest BCUT2D eigenvalue weighted by Gasteiger charge is 2.04. The molecule has 0 unspecified atom stereocenters. The van der Waals surface area contributed by atoms with Gasteiger partial charge in [0.25, 0.3) is 0 Å². The molecule has 0 bridgehead atoms. The molecule has 2 rings (SSSR count). The molecule has 20 heavy (non-hydrogen) atoms. The first-order valence-corrected chi connectivity index (χ1v) is 6.35. The van der Waals surface area contributed by atoms with Gasteiger partial charge in [0.1, 0.15) is 12.4 Å². The average molecular weight is 274 g/mol. The van der Waals surface area contributed by atoms with Gasteiger partial charge in [-0.15, -0.1) is 0 Å². The molecular weight excluding hydrogens is 256 g/mol. The number of nitrogens with two attached hydrogens (primary N) is 1. The molecule has 0 amide bonds. The molecule has 0 fully saturated rings. The zero-order valence-corrected chi connectivity index (χ0v) is 11.5. The lowest BCUT2D eigenvalue weighted by molar-refractivity contribution is 0.298. The fourth-order valence-corrected chi connectivity index (χ4v) is 1.70. The number of amidine groups is 1. The molecule has 0 aliphatic heterocycles. The molecular formula is C14H18N4O2. The molecule has 6 nitrogen and oxygen atoms in total. The summed E-state index contributed by atoms with van der Waals surface area (Å²) in [6.45, 7) is 4.51. The summed E-state index contributed by atoms with van der Waals surface area (Å²) in [6.07, 6.45) is 1.93. The summed E-state index contributed by atoms with van der Waals surface area (Å²) >= 11 is 0. The van der Waals surface area contributed by atoms with E-state index in [4.69, 9.17) is 15.7 Å². The van der Waals surface area contributed by atoms with Gasteiger partial charge in [0.05, 0.1) is 5.69 Å². The van der Waals surface area contributed by atoms with Crippen LogP contribution in [0, 0.1) is 0 Å². The second kappa shape index (κ2) is 6.10. The summed E-state index contributed by atoms with van der Waals surface area (Å²) in [6, 6.07) is 9.31. The third-order valence-corrected chi connectivity index (χ3v) is 2.82. The molecule has 1 aromatic carbocycles. The zero-order chi connectivity index (χ0) is 14.5. The van der Waals surface area contributed by atoms with Gasteiger partial charge < -0.3 is 15.7 Å². The Morgan fingerprint density at radius 1 is 1.45 bits per heavy atom. The van der Waals surface area contributed by atoms with Crippen LogP contribution in [0.5, 0.6) is 5.75 Å². The minimum Gasteiger partial charge on any atom is -0.487 e. The van der Waals surface area contributed by atoms with Gasteiger partial charge in [0, 0.05) is 17.8 Å². The van der Waals surface area contributed by atoms with Crippen molar-refractivity contribution < 1.29 is 9.94 Å². The van der Waals surface area contributed by atoms with Gasteiger partial charge in [-0.2, -0.15) is 5.10 Å². The van der Waals surface area contributed by atoms with Crippen molar-refractivity contribution in [1.82, 2.24) is 9.78 Å². The lowest BCUT2D eigenvalue weighted by atomic mass is 10.2. The number of hydrogen-bond acceptors (Lipinski definition) is 4. The molecule has 0 aliphatic rings. The van der Waals surface area contributed by atoms with Crippen LogP contribution in [-0.2, 0) is 6.61 Å². The fourth-order valence-electron chi connectivity index (χ4n) is 1.70. The van der Waals surface area contributed by atoms with Gasteiger partial charge in [-0.25, -0.2) is 0 Å². The van der Waals surface area contributed by atoms with E-state index in [-0.39, 0.29) is 5.84 Å². The molecule has 6 heteroatoms. The van der Waals surface area contributed by atoms with E-state index in [0.29, 0.717) is 24.0 Å². The van der Waals surface area contributed by atoms with Crippen molar-refractivity contribution in [3.8, 4) is 5.75 Å². The maximum absolute atomic E-state index is 8.65. The number of hydrogen-bond donors (Lipinski definition) is 2. The quantitative estimate of drug-likeness (QED) is 0.378. The predicted molar refractivity (Wildman–Crippen MR) is 75.9 cm³/mol. The Morgan fingerprint density at radius 2 is 2.25 bits per heavy atom. The first-order valence-electron chi connectivity index (χ1n) is 6.35. The number of benzene rings is 1. The third-order valence-electron chi connectivity index (χ3n) is 2.82. The summed E-state index contributed by atoms with van der Waals surface area (Å²) in [4.78, 5) is 0. The minimum atomic E-state index is 0.0551. The largest absolute Gasteiger partial charge is 0.487 e. The summed E-state index contributed by atoms with van der Waals surface area (Å²) in [5.41, 5.74) is 7.00. The van der Waals surface area contributed by atoms with Crippen LogP contribution in [0.25, 0.3) is 0 Å². The number of nitrogens with zero attached hydrogens (tertiary/aromatic N) is 3. The Kier molecular flexibility index (Phi) is 4.24. The van der Waals surface area contributed by atoms with Crippen LogP contribution in [0.3, 0.4) is 0 Å². The van der Waals surface area contributed by atoms with Crippen LogP contribution in [0.1, 0.15) is 31.1 Å². The van der Waals surface area contributed by atoms with Crippen molar-refractivity contribution in [2.75, 3.05) is 0 Å². The van der Waals surface area contributed by atoms with Crippen molar-refractivity contribution in [2.24, 2.45) is 10.9 Å². The first-order chi connectivity index (χ1) is 9.60. The molecule has 2 aromatic rings. The van der Waals surface area contributed by atoms with Crippen LogP contribution in [0.4, 0.5) is 0 Å². The average Bonchev–Trinajstić information content (AvgIpc) is 2.93. The minimum absolute atomic E-state index is 0.0551. The van der Waals surface area contributed by atoms with Crippen LogP contribution >= 0.6 is 0 Å². The van der Waals surface area contributed by atoms with E-state index in [1.807, 2.05) is 23.0 Å². The van der Waals surface area contributed by atoms with Crippen molar-refractivity contribution in [3.63, 3.8) is 0 Å². The SMILES string of the molecule is CC(C)n1ccc(COc2cccc(C(N)=NO)c2)n1. The van der Waals surface area contributed by atoms with Gasteiger partial charge >= 0.3 is 0 Å². The predicted octanol–water partition coefficient (Wildman–Crippen LogP) is 2.14. The Morgan fingerprint density at radius 3 is 2.90 bits per heavy atom. The van der Waals surface area contributed by atoms with E-state index in [1.165, 1.54) is 0 Å². The standard InChI is InChI=1S/C14H18N4O2/c1-10(2)18-7-6-12(16-18)9-20-13-5-3-4-11(8-13)14(15)17-19/h3-8,10,19H,9H2,1-2H3,(H2,15,17). The van der Waals surface area contributed by atoms with Crippen molar-refractivity contribution in [1.29, 1.82) is 0 Å². The molecule has 0 radical (unpaired) electrons. The van der Waals surface area contributed by atoms with Gasteiger partial charge in [-0.1, -0.05) is 17.3 Å². The number of rotatable bonds is 5. The lowest BCUT2D eigenvalue weighted by Gasteiger charge is -2.07. The van der Waals surface area contributed by atoms with Gasteiger partial charge in [-0.05, 0) is 32.0 Å². The highest BCUT2D eigenvalue weighted by molar-refractivity contribution is 5.97. The number of oxime groups is 1. The van der Waals surface area contributed by atoms with Crippen LogP contribution in [0.15, 0.2) is 41.7 Å². The van der Waals surface area contributed by atoms with E-state index < -0.39 is 0 Å². The van der Waals surface area contributed by atoms with Crippen LogP contribution < -0.4 is 10.5 Å². The van der Waals surface area contributed by atoms with Crippen LogP contribution in [0.2, 0.25) is 0 Å². The number of aromatic nitrogens is 2.